The molecule has 3 rings (SSSR count). The average Bonchev–Trinajstić information content (AvgIpc) is 2.84. The van der Waals surface area contributed by atoms with E-state index >= 15 is 0 Å². The molecular formula is C17H18N4O2. The number of carbonyl (C=O) groups excluding carboxylic acids is 1. The van der Waals surface area contributed by atoms with Crippen LogP contribution in [0.2, 0.25) is 0 Å². The highest BCUT2D eigenvalue weighted by Gasteiger charge is 2.21. The molecule has 0 aliphatic heterocycles. The fourth-order valence-corrected chi connectivity index (χ4v) is 2.79. The van der Waals surface area contributed by atoms with Gasteiger partial charge in [-0.25, -0.2) is 0 Å². The summed E-state index contributed by atoms with van der Waals surface area (Å²) in [7, 11) is 1.48. The molecule has 0 aliphatic rings. The summed E-state index contributed by atoms with van der Waals surface area (Å²) in [5.74, 6) is -0.253. The number of fused-ring (bicyclic) bond motifs is 1. The second-order valence-electron chi connectivity index (χ2n) is 5.36. The van der Waals surface area contributed by atoms with Gasteiger partial charge in [-0.1, -0.05) is 30.3 Å². The lowest BCUT2D eigenvalue weighted by atomic mass is 10.1. The number of rotatable bonds is 4. The summed E-state index contributed by atoms with van der Waals surface area (Å²) in [5.41, 5.74) is 14.8. The van der Waals surface area contributed by atoms with Gasteiger partial charge in [-0.15, -0.1) is 0 Å². The van der Waals surface area contributed by atoms with Crippen molar-refractivity contribution in [3.63, 3.8) is 0 Å². The molecule has 6 nitrogen and oxygen atoms in total. The molecule has 3 aromatic rings. The zero-order valence-electron chi connectivity index (χ0n) is 13.0. The number of anilines is 1. The molecule has 6 heteroatoms. The SMILES string of the molecule is COc1cc2c(C)nn(Cc3ccccc3)c2c(N)c1C(N)=O. The molecule has 0 atom stereocenters. The first-order valence-electron chi connectivity index (χ1n) is 7.20. The molecule has 1 heterocycles. The number of nitrogens with zero attached hydrogens (tertiary/aromatic N) is 2. The summed E-state index contributed by atoms with van der Waals surface area (Å²) in [4.78, 5) is 11.8. The minimum Gasteiger partial charge on any atom is -0.496 e. The van der Waals surface area contributed by atoms with Gasteiger partial charge in [0.1, 0.15) is 11.3 Å². The molecule has 2 aromatic carbocycles. The Kier molecular flexibility index (Phi) is 3.65. The lowest BCUT2D eigenvalue weighted by Crippen LogP contribution is -2.16. The Labute approximate surface area is 133 Å². The smallest absolute Gasteiger partial charge is 0.254 e. The third-order valence-corrected chi connectivity index (χ3v) is 3.86. The number of carbonyl (C=O) groups is 1. The second kappa shape index (κ2) is 5.64. The van der Waals surface area contributed by atoms with Crippen LogP contribution in [0.25, 0.3) is 10.9 Å². The van der Waals surface area contributed by atoms with Crippen LogP contribution in [0.4, 0.5) is 5.69 Å². The molecule has 0 saturated carbocycles. The fourth-order valence-electron chi connectivity index (χ4n) is 2.79. The molecule has 0 fully saturated rings. The van der Waals surface area contributed by atoms with Crippen molar-refractivity contribution in [1.29, 1.82) is 0 Å². The predicted molar refractivity (Wildman–Crippen MR) is 89.5 cm³/mol. The first kappa shape index (κ1) is 14.9. The van der Waals surface area contributed by atoms with Gasteiger partial charge in [0.05, 0.1) is 30.6 Å². The molecule has 1 aromatic heterocycles. The van der Waals surface area contributed by atoms with Gasteiger partial charge in [0.2, 0.25) is 0 Å². The van der Waals surface area contributed by atoms with Crippen LogP contribution in [-0.4, -0.2) is 22.8 Å². The fraction of sp³-hybridized carbons (Fsp3) is 0.176. The molecule has 0 spiro atoms. The van der Waals surface area contributed by atoms with E-state index in [1.807, 2.05) is 37.3 Å². The van der Waals surface area contributed by atoms with E-state index < -0.39 is 5.91 Å². The second-order valence-corrected chi connectivity index (χ2v) is 5.36. The van der Waals surface area contributed by atoms with E-state index in [1.54, 1.807) is 10.7 Å². The summed E-state index contributed by atoms with van der Waals surface area (Å²) in [6, 6.07) is 11.7. The van der Waals surface area contributed by atoms with Gasteiger partial charge in [-0.3, -0.25) is 9.48 Å². The Morgan fingerprint density at radius 2 is 2.00 bits per heavy atom. The standard InChI is InChI=1S/C17H18N4O2/c1-10-12-8-13(23-2)14(17(19)22)15(18)16(12)21(20-10)9-11-6-4-3-5-7-11/h3-8H,9,18H2,1-2H3,(H2,19,22). The lowest BCUT2D eigenvalue weighted by molar-refractivity contribution is 0.0998. The van der Waals surface area contributed by atoms with E-state index in [-0.39, 0.29) is 5.56 Å². The Hall–Kier alpha value is -3.02. The van der Waals surface area contributed by atoms with Crippen molar-refractivity contribution in [2.45, 2.75) is 13.5 Å². The van der Waals surface area contributed by atoms with Crippen molar-refractivity contribution in [3.05, 3.63) is 53.2 Å². The number of aryl methyl sites for hydroxylation is 1. The van der Waals surface area contributed by atoms with Crippen molar-refractivity contribution < 1.29 is 9.53 Å². The topological polar surface area (TPSA) is 96.2 Å². The van der Waals surface area contributed by atoms with E-state index in [2.05, 4.69) is 5.10 Å². The summed E-state index contributed by atoms with van der Waals surface area (Å²) in [6.07, 6.45) is 0. The molecule has 0 radical (unpaired) electrons. The molecule has 1 amide bonds. The predicted octanol–water partition coefficient (Wildman–Crippen LogP) is 2.08. The van der Waals surface area contributed by atoms with Gasteiger partial charge in [0.15, 0.2) is 0 Å². The molecule has 0 saturated heterocycles. The Bertz CT molecular complexity index is 885. The van der Waals surface area contributed by atoms with Crippen molar-refractivity contribution in [3.8, 4) is 5.75 Å². The van der Waals surface area contributed by atoms with Crippen LogP contribution in [0.5, 0.6) is 5.75 Å². The number of nitrogens with two attached hydrogens (primary N) is 2. The Morgan fingerprint density at radius 3 is 2.61 bits per heavy atom. The summed E-state index contributed by atoms with van der Waals surface area (Å²) >= 11 is 0. The van der Waals surface area contributed by atoms with E-state index in [9.17, 15) is 4.79 Å². The quantitative estimate of drug-likeness (QED) is 0.721. The van der Waals surface area contributed by atoms with E-state index in [0.29, 0.717) is 23.5 Å². The summed E-state index contributed by atoms with van der Waals surface area (Å²) in [5, 5.41) is 5.40. The summed E-state index contributed by atoms with van der Waals surface area (Å²) < 4.78 is 7.05. The minimum absolute atomic E-state index is 0.189. The maximum Gasteiger partial charge on any atom is 0.254 e. The van der Waals surface area contributed by atoms with Crippen molar-refractivity contribution in [1.82, 2.24) is 9.78 Å². The highest BCUT2D eigenvalue weighted by molar-refractivity contribution is 6.09. The van der Waals surface area contributed by atoms with Gasteiger partial charge < -0.3 is 16.2 Å². The Balaban J connectivity index is 2.24. The highest BCUT2D eigenvalue weighted by atomic mass is 16.5. The number of nitrogen functional groups attached to an aromatic ring is 1. The van der Waals surface area contributed by atoms with Crippen LogP contribution >= 0.6 is 0 Å². The molecule has 4 N–H and O–H groups in total. The molecular weight excluding hydrogens is 292 g/mol. The van der Waals surface area contributed by atoms with Gasteiger partial charge >= 0.3 is 0 Å². The normalized spacial score (nSPS) is 10.9. The number of hydrogen-bond acceptors (Lipinski definition) is 4. The Morgan fingerprint density at radius 1 is 1.30 bits per heavy atom. The average molecular weight is 310 g/mol. The van der Waals surface area contributed by atoms with Crippen molar-refractivity contribution in [2.24, 2.45) is 5.73 Å². The monoisotopic (exact) mass is 310 g/mol. The number of ether oxygens (including phenoxy) is 1. The van der Waals surface area contributed by atoms with Crippen LogP contribution in [0.15, 0.2) is 36.4 Å². The van der Waals surface area contributed by atoms with Crippen LogP contribution in [0, 0.1) is 6.92 Å². The first-order valence-corrected chi connectivity index (χ1v) is 7.20. The van der Waals surface area contributed by atoms with Gasteiger partial charge in [0, 0.05) is 5.39 Å². The van der Waals surface area contributed by atoms with Gasteiger partial charge in [0.25, 0.3) is 5.91 Å². The number of hydrogen-bond donors (Lipinski definition) is 2. The van der Waals surface area contributed by atoms with E-state index in [1.165, 1.54) is 7.11 Å². The molecule has 0 aliphatic carbocycles. The van der Waals surface area contributed by atoms with Crippen molar-refractivity contribution in [2.75, 3.05) is 12.8 Å². The van der Waals surface area contributed by atoms with E-state index in [4.69, 9.17) is 16.2 Å². The van der Waals surface area contributed by atoms with Crippen LogP contribution < -0.4 is 16.2 Å². The van der Waals surface area contributed by atoms with Crippen LogP contribution in [0.3, 0.4) is 0 Å². The maximum atomic E-state index is 11.8. The van der Waals surface area contributed by atoms with Crippen molar-refractivity contribution >= 4 is 22.5 Å². The molecule has 23 heavy (non-hydrogen) atoms. The van der Waals surface area contributed by atoms with Gasteiger partial charge in [-0.05, 0) is 18.6 Å². The van der Waals surface area contributed by atoms with Gasteiger partial charge in [-0.2, -0.15) is 5.10 Å². The molecule has 0 bridgehead atoms. The van der Waals surface area contributed by atoms with Crippen LogP contribution in [-0.2, 0) is 6.54 Å². The molecule has 0 unspecified atom stereocenters. The highest BCUT2D eigenvalue weighted by Crippen LogP contribution is 2.34. The number of methoxy groups -OCH3 is 1. The largest absolute Gasteiger partial charge is 0.496 e. The molecule has 118 valence electrons. The summed E-state index contributed by atoms with van der Waals surface area (Å²) in [6.45, 7) is 2.45. The lowest BCUT2D eigenvalue weighted by Gasteiger charge is -2.12. The van der Waals surface area contributed by atoms with E-state index in [0.717, 1.165) is 16.6 Å². The first-order chi connectivity index (χ1) is 11.0. The number of aromatic nitrogens is 2. The third kappa shape index (κ3) is 2.48. The maximum absolute atomic E-state index is 11.8. The van der Waals surface area contributed by atoms with Crippen LogP contribution in [0.1, 0.15) is 21.6 Å². The zero-order valence-corrected chi connectivity index (χ0v) is 13.0. The number of amides is 1. The minimum atomic E-state index is -0.619. The zero-order chi connectivity index (χ0) is 16.6. The third-order valence-electron chi connectivity index (χ3n) is 3.86. The number of primary amides is 1. The number of benzene rings is 2.